The van der Waals surface area contributed by atoms with Crippen LogP contribution in [0.25, 0.3) is 22.3 Å². The van der Waals surface area contributed by atoms with Crippen LogP contribution in [-0.4, -0.2) is 87.9 Å². The smallest absolute Gasteiger partial charge is 0.326 e. The Hall–Kier alpha value is -4.03. The van der Waals surface area contributed by atoms with E-state index in [-0.39, 0.29) is 25.2 Å². The fourth-order valence-electron chi connectivity index (χ4n) is 5.99. The molecule has 3 aromatic rings. The molecule has 5 rings (SSSR count). The summed E-state index contributed by atoms with van der Waals surface area (Å²) < 4.78 is 32.3. The lowest BCUT2D eigenvalue weighted by molar-refractivity contribution is -0.140. The van der Waals surface area contributed by atoms with Crippen molar-refractivity contribution in [2.45, 2.75) is 32.0 Å². The number of rotatable bonds is 9. The standard InChI is InChI=1S/C34H38ClFN4O6/c1-19-21(8-7-11-27(19)38-32(41)25-17-39(2)34(43)40(3)33(25)42)23-10-6-9-22(31(23)35)20-14-26(36)24(29(15-20)44-4)16-37-28-12-13-46-18-30(28)45-5/h6-11,14-15,25,28,30,37H,12-13,16-18H2,1-5H3,(H,38,41)/t25?,28-,30+/m0/s1. The minimum absolute atomic E-state index is 0.0153. The molecule has 2 fully saturated rings. The van der Waals surface area contributed by atoms with E-state index in [0.29, 0.717) is 51.9 Å². The molecule has 4 amide bonds. The molecule has 244 valence electrons. The number of hydrogen-bond acceptors (Lipinski definition) is 7. The van der Waals surface area contributed by atoms with Gasteiger partial charge in [-0.05, 0) is 48.2 Å². The number of nitrogens with one attached hydrogen (secondary N) is 2. The first kappa shape index (κ1) is 33.3. The second kappa shape index (κ2) is 14.2. The largest absolute Gasteiger partial charge is 0.496 e. The second-order valence-corrected chi connectivity index (χ2v) is 11.9. The number of benzene rings is 3. The molecule has 0 aromatic heterocycles. The van der Waals surface area contributed by atoms with Crippen molar-refractivity contribution in [2.24, 2.45) is 5.92 Å². The quantitative estimate of drug-likeness (QED) is 0.310. The molecule has 2 heterocycles. The summed E-state index contributed by atoms with van der Waals surface area (Å²) in [6, 6.07) is 13.7. The zero-order valence-electron chi connectivity index (χ0n) is 26.5. The van der Waals surface area contributed by atoms with Crippen molar-refractivity contribution in [1.82, 2.24) is 15.1 Å². The summed E-state index contributed by atoms with van der Waals surface area (Å²) in [5.41, 5.74) is 4.22. The van der Waals surface area contributed by atoms with Gasteiger partial charge in [-0.2, -0.15) is 0 Å². The van der Waals surface area contributed by atoms with E-state index in [4.69, 9.17) is 25.8 Å². The number of amides is 4. The van der Waals surface area contributed by atoms with E-state index < -0.39 is 29.6 Å². The van der Waals surface area contributed by atoms with Gasteiger partial charge in [-0.3, -0.25) is 14.5 Å². The highest BCUT2D eigenvalue weighted by atomic mass is 35.5. The number of urea groups is 1. The van der Waals surface area contributed by atoms with Gasteiger partial charge in [0.2, 0.25) is 11.8 Å². The third-order valence-corrected chi connectivity index (χ3v) is 9.14. The fourth-order valence-corrected chi connectivity index (χ4v) is 6.32. The topological polar surface area (TPSA) is 109 Å². The maximum absolute atomic E-state index is 15.7. The molecule has 2 aliphatic rings. The Morgan fingerprint density at radius 1 is 1.09 bits per heavy atom. The van der Waals surface area contributed by atoms with E-state index >= 15 is 4.39 Å². The monoisotopic (exact) mass is 652 g/mol. The van der Waals surface area contributed by atoms with Gasteiger partial charge in [-0.25, -0.2) is 9.18 Å². The van der Waals surface area contributed by atoms with Gasteiger partial charge in [0, 0.05) is 69.3 Å². The summed E-state index contributed by atoms with van der Waals surface area (Å²) in [5, 5.41) is 6.65. The number of methoxy groups -OCH3 is 2. The van der Waals surface area contributed by atoms with E-state index in [0.717, 1.165) is 22.4 Å². The Kier molecular flexibility index (Phi) is 10.3. The summed E-state index contributed by atoms with van der Waals surface area (Å²) >= 11 is 7.00. The number of hydrogen-bond donors (Lipinski definition) is 2. The normalized spacial score (nSPS) is 20.2. The summed E-state index contributed by atoms with van der Waals surface area (Å²) in [7, 11) is 6.04. The molecule has 2 N–H and O–H groups in total. The minimum atomic E-state index is -1.04. The Morgan fingerprint density at radius 3 is 2.54 bits per heavy atom. The first-order valence-corrected chi connectivity index (χ1v) is 15.4. The van der Waals surface area contributed by atoms with Gasteiger partial charge in [-0.1, -0.05) is 41.9 Å². The molecule has 0 bridgehead atoms. The van der Waals surface area contributed by atoms with Crippen LogP contribution in [0.3, 0.4) is 0 Å². The number of imide groups is 1. The SMILES string of the molecule is COc1cc(-c2cccc(-c3cccc(NC(=O)C4CN(C)C(=O)N(C)C4=O)c3C)c2Cl)cc(F)c1CN[C@H]1CCOC[C@H]1OC. The minimum Gasteiger partial charge on any atom is -0.496 e. The predicted octanol–water partition coefficient (Wildman–Crippen LogP) is 5.10. The zero-order chi connectivity index (χ0) is 33.1. The molecule has 0 saturated carbocycles. The number of anilines is 1. The molecule has 0 aliphatic carbocycles. The van der Waals surface area contributed by atoms with Crippen molar-refractivity contribution >= 4 is 35.1 Å². The average molecular weight is 653 g/mol. The molecule has 10 nitrogen and oxygen atoms in total. The molecular formula is C34H38ClFN4O6. The fraction of sp³-hybridized carbons (Fsp3) is 0.382. The maximum atomic E-state index is 15.7. The van der Waals surface area contributed by atoms with E-state index in [1.165, 1.54) is 25.1 Å². The second-order valence-electron chi connectivity index (χ2n) is 11.5. The molecule has 3 atom stereocenters. The van der Waals surface area contributed by atoms with Crippen molar-refractivity contribution in [1.29, 1.82) is 0 Å². The number of carbonyl (C=O) groups excluding carboxylic acids is 3. The van der Waals surface area contributed by atoms with Crippen molar-refractivity contribution in [2.75, 3.05) is 53.4 Å². The van der Waals surface area contributed by atoms with Crippen molar-refractivity contribution in [3.63, 3.8) is 0 Å². The maximum Gasteiger partial charge on any atom is 0.326 e. The van der Waals surface area contributed by atoms with Crippen molar-refractivity contribution in [3.8, 4) is 28.0 Å². The lowest BCUT2D eigenvalue weighted by Crippen LogP contribution is -2.56. The first-order chi connectivity index (χ1) is 22.0. The molecule has 3 aromatic carbocycles. The predicted molar refractivity (Wildman–Crippen MR) is 173 cm³/mol. The summed E-state index contributed by atoms with van der Waals surface area (Å²) in [5.74, 6) is -2.15. The molecule has 1 unspecified atom stereocenters. The number of carbonyl (C=O) groups is 3. The van der Waals surface area contributed by atoms with Gasteiger partial charge in [0.1, 0.15) is 17.5 Å². The Balaban J connectivity index is 1.40. The Bertz CT molecular complexity index is 1650. The average Bonchev–Trinajstić information content (AvgIpc) is 3.05. The van der Waals surface area contributed by atoms with E-state index in [1.807, 2.05) is 31.2 Å². The lowest BCUT2D eigenvalue weighted by atomic mass is 9.94. The molecular weight excluding hydrogens is 615 g/mol. The van der Waals surface area contributed by atoms with Gasteiger partial charge < -0.3 is 29.7 Å². The molecule has 0 spiro atoms. The molecule has 2 aliphatic heterocycles. The molecule has 2 saturated heterocycles. The zero-order valence-corrected chi connectivity index (χ0v) is 27.2. The summed E-state index contributed by atoms with van der Waals surface area (Å²) in [6.07, 6.45) is 0.629. The van der Waals surface area contributed by atoms with Crippen molar-refractivity contribution in [3.05, 3.63) is 70.5 Å². The first-order valence-electron chi connectivity index (χ1n) is 15.0. The van der Waals surface area contributed by atoms with E-state index in [1.54, 1.807) is 32.4 Å². The van der Waals surface area contributed by atoms with Gasteiger partial charge in [0.25, 0.3) is 0 Å². The Morgan fingerprint density at radius 2 is 1.80 bits per heavy atom. The van der Waals surface area contributed by atoms with Gasteiger partial charge >= 0.3 is 6.03 Å². The number of halogens is 2. The van der Waals surface area contributed by atoms with Crippen LogP contribution < -0.4 is 15.4 Å². The molecule has 0 radical (unpaired) electrons. The highest BCUT2D eigenvalue weighted by Gasteiger charge is 2.39. The third kappa shape index (κ3) is 6.59. The molecule has 46 heavy (non-hydrogen) atoms. The van der Waals surface area contributed by atoms with Gasteiger partial charge in [0.15, 0.2) is 0 Å². The molecule has 12 heteroatoms. The van der Waals surface area contributed by atoms with Crippen LogP contribution in [0, 0.1) is 18.7 Å². The Labute approximate surface area is 272 Å². The van der Waals surface area contributed by atoms with Crippen LogP contribution >= 0.6 is 11.6 Å². The van der Waals surface area contributed by atoms with Crippen LogP contribution in [0.2, 0.25) is 5.02 Å². The van der Waals surface area contributed by atoms with Crippen LogP contribution in [0.1, 0.15) is 17.5 Å². The summed E-state index contributed by atoms with van der Waals surface area (Å²) in [6.45, 7) is 3.17. The lowest BCUT2D eigenvalue weighted by Gasteiger charge is -2.33. The highest BCUT2D eigenvalue weighted by molar-refractivity contribution is 6.36. The van der Waals surface area contributed by atoms with Crippen molar-refractivity contribution < 1.29 is 33.0 Å². The van der Waals surface area contributed by atoms with E-state index in [2.05, 4.69) is 10.6 Å². The number of nitrogens with zero attached hydrogens (tertiary/aromatic N) is 2. The van der Waals surface area contributed by atoms with E-state index in [9.17, 15) is 14.4 Å². The third-order valence-electron chi connectivity index (χ3n) is 8.73. The van der Waals surface area contributed by atoms with Gasteiger partial charge in [-0.15, -0.1) is 0 Å². The number of ether oxygens (including phenoxy) is 3. The van der Waals surface area contributed by atoms with Gasteiger partial charge in [0.05, 0.1) is 24.8 Å². The summed E-state index contributed by atoms with van der Waals surface area (Å²) in [4.78, 5) is 40.3. The highest BCUT2D eigenvalue weighted by Crippen LogP contribution is 2.41. The van der Waals surface area contributed by atoms with Crippen LogP contribution in [-0.2, 0) is 25.6 Å². The van der Waals surface area contributed by atoms with Crippen LogP contribution in [0.5, 0.6) is 5.75 Å². The van der Waals surface area contributed by atoms with Crippen LogP contribution in [0.15, 0.2) is 48.5 Å². The van der Waals surface area contributed by atoms with Crippen LogP contribution in [0.4, 0.5) is 14.9 Å².